The van der Waals surface area contributed by atoms with E-state index in [2.05, 4.69) is 29.0 Å². The van der Waals surface area contributed by atoms with Crippen molar-refractivity contribution < 1.29 is 4.92 Å². The second-order valence-corrected chi connectivity index (χ2v) is 5.62. The minimum atomic E-state index is -0.344. The molecule has 1 N–H and O–H groups in total. The van der Waals surface area contributed by atoms with E-state index in [1.54, 1.807) is 6.07 Å². The van der Waals surface area contributed by atoms with E-state index in [0.29, 0.717) is 11.7 Å². The lowest BCUT2D eigenvalue weighted by Crippen LogP contribution is -2.35. The van der Waals surface area contributed by atoms with Crippen LogP contribution in [0.5, 0.6) is 0 Å². The fourth-order valence-corrected chi connectivity index (χ4v) is 2.72. The lowest BCUT2D eigenvalue weighted by atomic mass is 9.96. The van der Waals surface area contributed by atoms with Gasteiger partial charge in [0, 0.05) is 19.6 Å². The first-order valence-electron chi connectivity index (χ1n) is 7.79. The highest BCUT2D eigenvalue weighted by Gasteiger charge is 2.22. The smallest absolute Gasteiger partial charge is 0.276 e. The number of pyridine rings is 1. The first-order chi connectivity index (χ1) is 10.1. The van der Waals surface area contributed by atoms with Crippen LogP contribution in [0.4, 0.5) is 17.3 Å². The molecule has 1 aromatic rings. The third-order valence-corrected chi connectivity index (χ3v) is 3.98. The number of piperidine rings is 1. The summed E-state index contributed by atoms with van der Waals surface area (Å²) in [7, 11) is 0. The number of rotatable bonds is 6. The average Bonchev–Trinajstić information content (AvgIpc) is 2.52. The van der Waals surface area contributed by atoms with Crippen molar-refractivity contribution in [2.45, 2.75) is 39.5 Å². The van der Waals surface area contributed by atoms with Crippen LogP contribution < -0.4 is 10.2 Å². The van der Waals surface area contributed by atoms with E-state index in [-0.39, 0.29) is 10.6 Å². The van der Waals surface area contributed by atoms with Gasteiger partial charge >= 0.3 is 0 Å². The van der Waals surface area contributed by atoms with Crippen LogP contribution in [-0.4, -0.2) is 29.5 Å². The van der Waals surface area contributed by atoms with E-state index in [1.165, 1.54) is 12.5 Å². The Morgan fingerprint density at radius 3 is 2.95 bits per heavy atom. The molecule has 0 radical (unpaired) electrons. The predicted molar refractivity (Wildman–Crippen MR) is 84.9 cm³/mol. The maximum Gasteiger partial charge on any atom is 0.276 e. The van der Waals surface area contributed by atoms with Gasteiger partial charge in [-0.2, -0.15) is 0 Å². The molecule has 1 fully saturated rings. The van der Waals surface area contributed by atoms with Crippen LogP contribution in [0.2, 0.25) is 0 Å². The minimum Gasteiger partial charge on any atom is -0.370 e. The average molecular weight is 292 g/mol. The Bertz CT molecular complexity index is 493. The molecule has 0 aromatic carbocycles. The lowest BCUT2D eigenvalue weighted by molar-refractivity contribution is -0.384. The van der Waals surface area contributed by atoms with Gasteiger partial charge in [-0.3, -0.25) is 10.1 Å². The Kier molecular flexibility index (Phi) is 5.36. The fourth-order valence-electron chi connectivity index (χ4n) is 2.72. The number of nitrogens with zero attached hydrogens (tertiary/aromatic N) is 3. The molecule has 2 heterocycles. The summed E-state index contributed by atoms with van der Waals surface area (Å²) in [6.07, 6.45) is 4.47. The molecular formula is C15H24N4O2. The molecule has 21 heavy (non-hydrogen) atoms. The van der Waals surface area contributed by atoms with Crippen molar-refractivity contribution in [1.29, 1.82) is 0 Å². The Hall–Kier alpha value is -1.85. The van der Waals surface area contributed by atoms with Crippen molar-refractivity contribution in [3.8, 4) is 0 Å². The molecule has 1 atom stereocenters. The summed E-state index contributed by atoms with van der Waals surface area (Å²) in [5.74, 6) is 1.98. The molecule has 0 bridgehead atoms. The molecule has 0 spiro atoms. The zero-order valence-corrected chi connectivity index (χ0v) is 12.8. The molecule has 1 aliphatic heterocycles. The molecule has 6 heteroatoms. The standard InChI is InChI=1S/C15H24N4O2/c1-3-7-16-14-9-13(19(20)21)10-15(17-14)18-8-5-6-12(4-2)11-18/h9-10,12H,3-8,11H2,1-2H3,(H,16,17). The second kappa shape index (κ2) is 7.24. The Morgan fingerprint density at radius 1 is 1.48 bits per heavy atom. The SMILES string of the molecule is CCCNc1cc([N+](=O)[O-])cc(N2CCCC(CC)C2)n1. The van der Waals surface area contributed by atoms with Crippen LogP contribution in [0.25, 0.3) is 0 Å². The molecule has 0 amide bonds. The molecule has 0 aliphatic carbocycles. The predicted octanol–water partition coefficient (Wildman–Crippen LogP) is 3.44. The molecule has 1 saturated heterocycles. The zero-order valence-electron chi connectivity index (χ0n) is 12.8. The molecule has 1 aliphatic rings. The number of aromatic nitrogens is 1. The van der Waals surface area contributed by atoms with E-state index < -0.39 is 0 Å². The first kappa shape index (κ1) is 15.5. The van der Waals surface area contributed by atoms with Gasteiger partial charge in [-0.05, 0) is 25.2 Å². The monoisotopic (exact) mass is 292 g/mol. The van der Waals surface area contributed by atoms with Crippen LogP contribution in [0, 0.1) is 16.0 Å². The van der Waals surface area contributed by atoms with E-state index in [0.717, 1.165) is 44.7 Å². The van der Waals surface area contributed by atoms with Gasteiger partial charge in [-0.1, -0.05) is 20.3 Å². The molecule has 116 valence electrons. The van der Waals surface area contributed by atoms with Crippen LogP contribution >= 0.6 is 0 Å². The molecule has 1 unspecified atom stereocenters. The Morgan fingerprint density at radius 2 is 2.29 bits per heavy atom. The van der Waals surface area contributed by atoms with Gasteiger partial charge in [0.2, 0.25) is 0 Å². The van der Waals surface area contributed by atoms with Crippen LogP contribution in [0.3, 0.4) is 0 Å². The maximum atomic E-state index is 11.1. The van der Waals surface area contributed by atoms with Crippen molar-refractivity contribution in [3.05, 3.63) is 22.2 Å². The summed E-state index contributed by atoms with van der Waals surface area (Å²) in [5.41, 5.74) is 0.109. The van der Waals surface area contributed by atoms with Gasteiger partial charge in [0.1, 0.15) is 11.6 Å². The van der Waals surface area contributed by atoms with Crippen LogP contribution in [-0.2, 0) is 0 Å². The van der Waals surface area contributed by atoms with E-state index in [9.17, 15) is 10.1 Å². The van der Waals surface area contributed by atoms with Crippen LogP contribution in [0.1, 0.15) is 39.5 Å². The summed E-state index contributed by atoms with van der Waals surface area (Å²) in [6.45, 7) is 6.89. The molecule has 2 rings (SSSR count). The van der Waals surface area contributed by atoms with E-state index >= 15 is 0 Å². The number of nitro groups is 1. The van der Waals surface area contributed by atoms with Crippen LogP contribution in [0.15, 0.2) is 12.1 Å². The molecule has 6 nitrogen and oxygen atoms in total. The second-order valence-electron chi connectivity index (χ2n) is 5.62. The number of nitrogens with one attached hydrogen (secondary N) is 1. The largest absolute Gasteiger partial charge is 0.370 e. The molecule has 0 saturated carbocycles. The van der Waals surface area contributed by atoms with Gasteiger partial charge in [-0.15, -0.1) is 0 Å². The van der Waals surface area contributed by atoms with Crippen molar-refractivity contribution in [1.82, 2.24) is 4.98 Å². The third kappa shape index (κ3) is 4.06. The zero-order chi connectivity index (χ0) is 15.2. The van der Waals surface area contributed by atoms with Crippen molar-refractivity contribution in [3.63, 3.8) is 0 Å². The number of anilines is 2. The van der Waals surface area contributed by atoms with Gasteiger partial charge in [0.05, 0.1) is 17.1 Å². The molecular weight excluding hydrogens is 268 g/mol. The normalized spacial score (nSPS) is 18.6. The van der Waals surface area contributed by atoms with Crippen molar-refractivity contribution in [2.75, 3.05) is 29.9 Å². The quantitative estimate of drug-likeness (QED) is 0.642. The van der Waals surface area contributed by atoms with Gasteiger partial charge in [0.15, 0.2) is 0 Å². The highest BCUT2D eigenvalue weighted by molar-refractivity contribution is 5.56. The Labute approximate surface area is 125 Å². The summed E-state index contributed by atoms with van der Waals surface area (Å²) in [5, 5.41) is 14.3. The topological polar surface area (TPSA) is 71.3 Å². The number of hydrogen-bond donors (Lipinski definition) is 1. The van der Waals surface area contributed by atoms with E-state index in [4.69, 9.17) is 0 Å². The minimum absolute atomic E-state index is 0.109. The van der Waals surface area contributed by atoms with Gasteiger partial charge in [0.25, 0.3) is 5.69 Å². The highest BCUT2D eigenvalue weighted by Crippen LogP contribution is 2.28. The third-order valence-electron chi connectivity index (χ3n) is 3.98. The Balaban J connectivity index is 2.24. The first-order valence-corrected chi connectivity index (χ1v) is 7.79. The summed E-state index contributed by atoms with van der Waals surface area (Å²) in [6, 6.07) is 3.11. The molecule has 1 aromatic heterocycles. The number of hydrogen-bond acceptors (Lipinski definition) is 5. The van der Waals surface area contributed by atoms with Gasteiger partial charge in [-0.25, -0.2) is 4.98 Å². The van der Waals surface area contributed by atoms with Gasteiger partial charge < -0.3 is 10.2 Å². The summed E-state index contributed by atoms with van der Waals surface area (Å²) < 4.78 is 0. The lowest BCUT2D eigenvalue weighted by Gasteiger charge is -2.33. The van der Waals surface area contributed by atoms with Crippen molar-refractivity contribution >= 4 is 17.3 Å². The fraction of sp³-hybridized carbons (Fsp3) is 0.667. The maximum absolute atomic E-state index is 11.1. The summed E-state index contributed by atoms with van der Waals surface area (Å²) >= 11 is 0. The summed E-state index contributed by atoms with van der Waals surface area (Å²) in [4.78, 5) is 17.5. The van der Waals surface area contributed by atoms with E-state index in [1.807, 2.05) is 0 Å². The van der Waals surface area contributed by atoms with Crippen molar-refractivity contribution in [2.24, 2.45) is 5.92 Å². The highest BCUT2D eigenvalue weighted by atomic mass is 16.6.